The van der Waals surface area contributed by atoms with Gasteiger partial charge in [0, 0.05) is 12.6 Å². The number of nitrogens with zero attached hydrogens (tertiary/aromatic N) is 1. The molecule has 2 atom stereocenters. The molecule has 2 aromatic carbocycles. The average Bonchev–Trinajstić information content (AvgIpc) is 2.53. The first-order valence-corrected chi connectivity index (χ1v) is 6.66. The van der Waals surface area contributed by atoms with Crippen LogP contribution in [0, 0.1) is 0 Å². The van der Waals surface area contributed by atoms with E-state index in [0.717, 1.165) is 5.56 Å². The lowest BCUT2D eigenvalue weighted by Gasteiger charge is -2.29. The van der Waals surface area contributed by atoms with E-state index in [2.05, 4.69) is 0 Å². The number of aliphatic hydroxyl groups excluding tert-OH is 1. The molecular formula is C17H19NO2. The number of likely N-dealkylation sites (N-methyl/N-ethyl adjacent to an activating group) is 1. The van der Waals surface area contributed by atoms with Crippen molar-refractivity contribution in [2.24, 2.45) is 0 Å². The molecule has 104 valence electrons. The number of rotatable bonds is 4. The number of hydrogen-bond donors (Lipinski definition) is 1. The monoisotopic (exact) mass is 269 g/mol. The molecule has 2 aromatic rings. The summed E-state index contributed by atoms with van der Waals surface area (Å²) in [7, 11) is 1.71. The number of amides is 1. The number of carbonyl (C=O) groups is 1. The van der Waals surface area contributed by atoms with Gasteiger partial charge in [-0.3, -0.25) is 4.79 Å². The van der Waals surface area contributed by atoms with E-state index in [9.17, 15) is 9.90 Å². The Kier molecular flexibility index (Phi) is 4.53. The van der Waals surface area contributed by atoms with Crippen LogP contribution >= 0.6 is 0 Å². The Labute approximate surface area is 119 Å². The van der Waals surface area contributed by atoms with E-state index < -0.39 is 6.10 Å². The Bertz CT molecular complexity index is 554. The molecule has 0 aliphatic rings. The normalized spacial score (nSPS) is 13.6. The van der Waals surface area contributed by atoms with Crippen molar-refractivity contribution in [1.82, 2.24) is 4.90 Å². The van der Waals surface area contributed by atoms with Crippen LogP contribution in [0.4, 0.5) is 0 Å². The van der Waals surface area contributed by atoms with Crippen LogP contribution in [0.1, 0.15) is 28.9 Å². The van der Waals surface area contributed by atoms with E-state index in [1.54, 1.807) is 24.1 Å². The Morgan fingerprint density at radius 1 is 1.00 bits per heavy atom. The Morgan fingerprint density at radius 2 is 1.50 bits per heavy atom. The fourth-order valence-corrected chi connectivity index (χ4v) is 2.11. The van der Waals surface area contributed by atoms with Gasteiger partial charge in [-0.15, -0.1) is 0 Å². The summed E-state index contributed by atoms with van der Waals surface area (Å²) in [6.45, 7) is 1.85. The highest BCUT2D eigenvalue weighted by Crippen LogP contribution is 2.21. The molecule has 2 rings (SSSR count). The summed E-state index contributed by atoms with van der Waals surface area (Å²) in [5, 5.41) is 10.4. The molecule has 20 heavy (non-hydrogen) atoms. The molecule has 0 bridgehead atoms. The maximum atomic E-state index is 12.3. The molecule has 1 amide bonds. The standard InChI is InChI=1S/C17H19NO2/c1-13(16(19)14-9-5-3-6-10-14)18(2)17(20)15-11-7-4-8-12-15/h3-13,16,19H,1-2H3/t13-,16+/m0/s1. The molecule has 0 radical (unpaired) electrons. The summed E-state index contributed by atoms with van der Waals surface area (Å²) in [5.41, 5.74) is 1.44. The third-order valence-electron chi connectivity index (χ3n) is 3.55. The van der Waals surface area contributed by atoms with E-state index >= 15 is 0 Å². The van der Waals surface area contributed by atoms with E-state index in [1.807, 2.05) is 55.5 Å². The van der Waals surface area contributed by atoms with Crippen LogP contribution in [0.15, 0.2) is 60.7 Å². The van der Waals surface area contributed by atoms with Crippen molar-refractivity contribution in [3.63, 3.8) is 0 Å². The van der Waals surface area contributed by atoms with Crippen LogP contribution < -0.4 is 0 Å². The van der Waals surface area contributed by atoms with Gasteiger partial charge in [0.2, 0.25) is 0 Å². The van der Waals surface area contributed by atoms with Crippen LogP contribution in [0.25, 0.3) is 0 Å². The predicted octanol–water partition coefficient (Wildman–Crippen LogP) is 2.88. The molecule has 0 aliphatic heterocycles. The molecule has 0 heterocycles. The number of hydrogen-bond acceptors (Lipinski definition) is 2. The van der Waals surface area contributed by atoms with Crippen LogP contribution in [-0.4, -0.2) is 29.0 Å². The van der Waals surface area contributed by atoms with Gasteiger partial charge in [0.05, 0.1) is 12.1 Å². The lowest BCUT2D eigenvalue weighted by Crippen LogP contribution is -2.39. The van der Waals surface area contributed by atoms with Crippen LogP contribution in [0.5, 0.6) is 0 Å². The van der Waals surface area contributed by atoms with Crippen LogP contribution in [-0.2, 0) is 0 Å². The number of benzene rings is 2. The molecule has 0 aromatic heterocycles. The smallest absolute Gasteiger partial charge is 0.253 e. The highest BCUT2D eigenvalue weighted by molar-refractivity contribution is 5.94. The van der Waals surface area contributed by atoms with Crippen LogP contribution in [0.3, 0.4) is 0 Å². The van der Waals surface area contributed by atoms with Gasteiger partial charge in [-0.2, -0.15) is 0 Å². The minimum absolute atomic E-state index is 0.0897. The number of carbonyl (C=O) groups excluding carboxylic acids is 1. The fourth-order valence-electron chi connectivity index (χ4n) is 2.11. The summed E-state index contributed by atoms with van der Waals surface area (Å²) in [6.07, 6.45) is -0.700. The van der Waals surface area contributed by atoms with Gasteiger partial charge in [-0.05, 0) is 24.6 Å². The molecule has 0 saturated carbocycles. The summed E-state index contributed by atoms with van der Waals surface area (Å²) >= 11 is 0. The largest absolute Gasteiger partial charge is 0.386 e. The lowest BCUT2D eigenvalue weighted by atomic mass is 10.0. The molecule has 0 fully saturated rings. The maximum Gasteiger partial charge on any atom is 0.253 e. The minimum atomic E-state index is -0.700. The van der Waals surface area contributed by atoms with Gasteiger partial charge < -0.3 is 10.0 Å². The Morgan fingerprint density at radius 3 is 2.05 bits per heavy atom. The second-order valence-corrected chi connectivity index (χ2v) is 4.88. The van der Waals surface area contributed by atoms with Crippen molar-refractivity contribution < 1.29 is 9.90 Å². The second kappa shape index (κ2) is 6.35. The first-order valence-electron chi connectivity index (χ1n) is 6.66. The Balaban J connectivity index is 2.13. The number of aliphatic hydroxyl groups is 1. The fraction of sp³-hybridized carbons (Fsp3) is 0.235. The minimum Gasteiger partial charge on any atom is -0.386 e. The average molecular weight is 269 g/mol. The zero-order valence-corrected chi connectivity index (χ0v) is 11.7. The second-order valence-electron chi connectivity index (χ2n) is 4.88. The van der Waals surface area contributed by atoms with Crippen molar-refractivity contribution in [3.05, 3.63) is 71.8 Å². The first kappa shape index (κ1) is 14.3. The third kappa shape index (κ3) is 3.06. The highest BCUT2D eigenvalue weighted by Gasteiger charge is 2.24. The van der Waals surface area contributed by atoms with Gasteiger partial charge >= 0.3 is 0 Å². The molecule has 3 nitrogen and oxygen atoms in total. The van der Waals surface area contributed by atoms with Crippen molar-refractivity contribution in [2.75, 3.05) is 7.05 Å². The van der Waals surface area contributed by atoms with Crippen molar-refractivity contribution in [3.8, 4) is 0 Å². The summed E-state index contributed by atoms with van der Waals surface area (Å²) in [5.74, 6) is -0.0897. The summed E-state index contributed by atoms with van der Waals surface area (Å²) < 4.78 is 0. The first-order chi connectivity index (χ1) is 9.61. The van der Waals surface area contributed by atoms with E-state index in [0.29, 0.717) is 5.56 Å². The SMILES string of the molecule is C[C@@H]([C@@H](O)c1ccccc1)N(C)C(=O)c1ccccc1. The van der Waals surface area contributed by atoms with Gasteiger partial charge in [0.1, 0.15) is 0 Å². The Hall–Kier alpha value is -2.13. The van der Waals surface area contributed by atoms with E-state index in [-0.39, 0.29) is 11.9 Å². The van der Waals surface area contributed by atoms with Gasteiger partial charge in [0.15, 0.2) is 0 Å². The highest BCUT2D eigenvalue weighted by atomic mass is 16.3. The summed E-state index contributed by atoms with van der Waals surface area (Å²) in [4.78, 5) is 13.9. The van der Waals surface area contributed by atoms with Crippen molar-refractivity contribution >= 4 is 5.91 Å². The molecular weight excluding hydrogens is 250 g/mol. The van der Waals surface area contributed by atoms with Crippen molar-refractivity contribution in [2.45, 2.75) is 19.1 Å². The third-order valence-corrected chi connectivity index (χ3v) is 3.55. The lowest BCUT2D eigenvalue weighted by molar-refractivity contribution is 0.0487. The molecule has 0 unspecified atom stereocenters. The predicted molar refractivity (Wildman–Crippen MR) is 79.4 cm³/mol. The van der Waals surface area contributed by atoms with Gasteiger partial charge in [-0.1, -0.05) is 48.5 Å². The molecule has 3 heteroatoms. The van der Waals surface area contributed by atoms with Gasteiger partial charge in [0.25, 0.3) is 5.91 Å². The molecule has 0 spiro atoms. The van der Waals surface area contributed by atoms with Gasteiger partial charge in [-0.25, -0.2) is 0 Å². The quantitative estimate of drug-likeness (QED) is 0.927. The van der Waals surface area contributed by atoms with E-state index in [4.69, 9.17) is 0 Å². The molecule has 1 N–H and O–H groups in total. The topological polar surface area (TPSA) is 40.5 Å². The molecule has 0 saturated heterocycles. The zero-order valence-electron chi connectivity index (χ0n) is 11.7. The maximum absolute atomic E-state index is 12.3. The zero-order chi connectivity index (χ0) is 14.5. The van der Waals surface area contributed by atoms with E-state index in [1.165, 1.54) is 0 Å². The van der Waals surface area contributed by atoms with Crippen molar-refractivity contribution in [1.29, 1.82) is 0 Å². The van der Waals surface area contributed by atoms with Crippen LogP contribution in [0.2, 0.25) is 0 Å². The summed E-state index contributed by atoms with van der Waals surface area (Å²) in [6, 6.07) is 18.2. The molecule has 0 aliphatic carbocycles.